The Labute approximate surface area is 123 Å². The highest BCUT2D eigenvalue weighted by Gasteiger charge is 2.46. The Morgan fingerprint density at radius 1 is 1.15 bits per heavy atom. The Kier molecular flexibility index (Phi) is 4.85. The first kappa shape index (κ1) is 15.1. The Morgan fingerprint density at radius 3 is 2.20 bits per heavy atom. The van der Waals surface area contributed by atoms with Crippen LogP contribution < -0.4 is 0 Å². The minimum atomic E-state index is 0.209. The van der Waals surface area contributed by atoms with E-state index in [0.29, 0.717) is 23.9 Å². The van der Waals surface area contributed by atoms with Crippen LogP contribution in [-0.4, -0.2) is 22.9 Å². The van der Waals surface area contributed by atoms with Crippen LogP contribution in [0.4, 0.5) is 0 Å². The summed E-state index contributed by atoms with van der Waals surface area (Å²) in [5.74, 6) is 1.02. The van der Waals surface area contributed by atoms with Gasteiger partial charge in [0.2, 0.25) is 5.91 Å². The summed E-state index contributed by atoms with van der Waals surface area (Å²) in [5, 5.41) is 0. The van der Waals surface area contributed by atoms with Gasteiger partial charge in [-0.2, -0.15) is 0 Å². The van der Waals surface area contributed by atoms with Gasteiger partial charge in [0.05, 0.1) is 0 Å². The number of rotatable bonds is 6. The van der Waals surface area contributed by atoms with Gasteiger partial charge in [0.15, 0.2) is 0 Å². The van der Waals surface area contributed by atoms with E-state index >= 15 is 0 Å². The third-order valence-electron chi connectivity index (χ3n) is 4.72. The van der Waals surface area contributed by atoms with Crippen LogP contribution in [0.25, 0.3) is 0 Å². The second-order valence-corrected chi connectivity index (χ2v) is 6.12. The lowest BCUT2D eigenvalue weighted by molar-refractivity contribution is -0.137. The molecule has 1 fully saturated rings. The summed E-state index contributed by atoms with van der Waals surface area (Å²) in [6.45, 7) is 8.66. The lowest BCUT2D eigenvalue weighted by Gasteiger charge is -2.34. The van der Waals surface area contributed by atoms with Crippen molar-refractivity contribution in [2.75, 3.05) is 0 Å². The SMILES string of the molecule is CC[C@H](C)N(C(=O)[C@@H]1C[C@@H]1c1ccccc1)[C@@H](C)CC. The smallest absolute Gasteiger partial charge is 0.226 e. The van der Waals surface area contributed by atoms with Crippen LogP contribution in [0.15, 0.2) is 30.3 Å². The van der Waals surface area contributed by atoms with Crippen LogP contribution in [0.1, 0.15) is 58.4 Å². The van der Waals surface area contributed by atoms with E-state index in [2.05, 4.69) is 56.9 Å². The second kappa shape index (κ2) is 6.43. The summed E-state index contributed by atoms with van der Waals surface area (Å²) in [4.78, 5) is 14.9. The molecule has 4 atom stereocenters. The Bertz CT molecular complexity index is 432. The van der Waals surface area contributed by atoms with Gasteiger partial charge in [0.25, 0.3) is 0 Å². The van der Waals surface area contributed by atoms with Crippen LogP contribution in [0.2, 0.25) is 0 Å². The molecule has 0 saturated heterocycles. The minimum Gasteiger partial charge on any atom is -0.337 e. The van der Waals surface area contributed by atoms with Crippen LogP contribution in [0, 0.1) is 5.92 Å². The molecular weight excluding hydrogens is 246 g/mol. The van der Waals surface area contributed by atoms with E-state index in [1.807, 2.05) is 6.07 Å². The summed E-state index contributed by atoms with van der Waals surface area (Å²) in [6, 6.07) is 11.1. The number of hydrogen-bond donors (Lipinski definition) is 0. The molecule has 0 spiro atoms. The maximum Gasteiger partial charge on any atom is 0.226 e. The van der Waals surface area contributed by atoms with Crippen molar-refractivity contribution < 1.29 is 4.79 Å². The quantitative estimate of drug-likeness (QED) is 0.760. The zero-order chi connectivity index (χ0) is 14.7. The number of benzene rings is 1. The molecule has 1 aliphatic rings. The Hall–Kier alpha value is -1.31. The van der Waals surface area contributed by atoms with Gasteiger partial charge in [-0.15, -0.1) is 0 Å². The molecule has 0 bridgehead atoms. The first-order chi connectivity index (χ1) is 9.60. The van der Waals surface area contributed by atoms with Crippen LogP contribution in [0.5, 0.6) is 0 Å². The van der Waals surface area contributed by atoms with Gasteiger partial charge >= 0.3 is 0 Å². The van der Waals surface area contributed by atoms with Gasteiger partial charge in [0.1, 0.15) is 0 Å². The minimum absolute atomic E-state index is 0.209. The third-order valence-corrected chi connectivity index (χ3v) is 4.72. The molecule has 2 rings (SSSR count). The molecule has 1 aromatic carbocycles. The van der Waals surface area contributed by atoms with Crippen molar-refractivity contribution in [3.8, 4) is 0 Å². The van der Waals surface area contributed by atoms with Gasteiger partial charge < -0.3 is 4.90 Å². The zero-order valence-electron chi connectivity index (χ0n) is 13.2. The standard InChI is InChI=1S/C18H27NO/c1-5-13(3)19(14(4)6-2)18(20)17-12-16(17)15-10-8-7-9-11-15/h7-11,13-14,16-17H,5-6,12H2,1-4H3/t13-,14-,16+,17+/m0/s1. The number of amides is 1. The third kappa shape index (κ3) is 3.05. The lowest BCUT2D eigenvalue weighted by atomic mass is 10.1. The Balaban J connectivity index is 2.07. The lowest BCUT2D eigenvalue weighted by Crippen LogP contribution is -2.45. The van der Waals surface area contributed by atoms with E-state index in [0.717, 1.165) is 19.3 Å². The average molecular weight is 273 g/mol. The fourth-order valence-electron chi connectivity index (χ4n) is 2.99. The number of hydrogen-bond acceptors (Lipinski definition) is 1. The summed E-state index contributed by atoms with van der Waals surface area (Å²) >= 11 is 0. The van der Waals surface area contributed by atoms with Crippen molar-refractivity contribution in [1.82, 2.24) is 4.90 Å². The molecule has 0 N–H and O–H groups in total. The molecule has 1 saturated carbocycles. The first-order valence-corrected chi connectivity index (χ1v) is 7.97. The molecule has 1 amide bonds. The number of carbonyl (C=O) groups excluding carboxylic acids is 1. The fraction of sp³-hybridized carbons (Fsp3) is 0.611. The van der Waals surface area contributed by atoms with E-state index in [1.54, 1.807) is 0 Å². The average Bonchev–Trinajstić information content (AvgIpc) is 3.28. The zero-order valence-corrected chi connectivity index (χ0v) is 13.2. The topological polar surface area (TPSA) is 20.3 Å². The normalized spacial score (nSPS) is 24.0. The van der Waals surface area contributed by atoms with E-state index in [4.69, 9.17) is 0 Å². The van der Waals surface area contributed by atoms with E-state index in [1.165, 1.54) is 5.56 Å². The maximum absolute atomic E-state index is 12.8. The Morgan fingerprint density at radius 2 is 1.70 bits per heavy atom. The molecule has 0 heterocycles. The molecule has 20 heavy (non-hydrogen) atoms. The molecule has 0 aliphatic heterocycles. The van der Waals surface area contributed by atoms with Gasteiger partial charge in [-0.3, -0.25) is 4.79 Å². The molecule has 1 aliphatic carbocycles. The van der Waals surface area contributed by atoms with E-state index in [9.17, 15) is 4.79 Å². The van der Waals surface area contributed by atoms with Crippen molar-refractivity contribution in [3.63, 3.8) is 0 Å². The molecular formula is C18H27NO. The monoisotopic (exact) mass is 273 g/mol. The predicted molar refractivity (Wildman–Crippen MR) is 83.6 cm³/mol. The molecule has 0 radical (unpaired) electrons. The van der Waals surface area contributed by atoms with E-state index in [-0.39, 0.29) is 5.92 Å². The van der Waals surface area contributed by atoms with Crippen molar-refractivity contribution in [1.29, 1.82) is 0 Å². The predicted octanol–water partition coefficient (Wildman–Crippen LogP) is 4.22. The van der Waals surface area contributed by atoms with Gasteiger partial charge in [-0.25, -0.2) is 0 Å². The largest absolute Gasteiger partial charge is 0.337 e. The molecule has 0 aromatic heterocycles. The number of carbonyl (C=O) groups is 1. The molecule has 110 valence electrons. The van der Waals surface area contributed by atoms with Crippen LogP contribution in [-0.2, 0) is 4.79 Å². The van der Waals surface area contributed by atoms with Crippen molar-refractivity contribution >= 4 is 5.91 Å². The summed E-state index contributed by atoms with van der Waals surface area (Å²) in [6.07, 6.45) is 3.07. The second-order valence-electron chi connectivity index (χ2n) is 6.12. The highest BCUT2D eigenvalue weighted by Crippen LogP contribution is 2.48. The fourth-order valence-corrected chi connectivity index (χ4v) is 2.99. The first-order valence-electron chi connectivity index (χ1n) is 7.97. The van der Waals surface area contributed by atoms with Crippen molar-refractivity contribution in [2.24, 2.45) is 5.92 Å². The highest BCUT2D eigenvalue weighted by molar-refractivity contribution is 5.83. The van der Waals surface area contributed by atoms with E-state index < -0.39 is 0 Å². The summed E-state index contributed by atoms with van der Waals surface area (Å²) < 4.78 is 0. The van der Waals surface area contributed by atoms with Crippen molar-refractivity contribution in [3.05, 3.63) is 35.9 Å². The molecule has 2 nitrogen and oxygen atoms in total. The number of nitrogens with zero attached hydrogens (tertiary/aromatic N) is 1. The molecule has 2 heteroatoms. The molecule has 0 unspecified atom stereocenters. The van der Waals surface area contributed by atoms with Gasteiger partial charge in [-0.05, 0) is 44.6 Å². The van der Waals surface area contributed by atoms with Crippen LogP contribution >= 0.6 is 0 Å². The summed E-state index contributed by atoms with van der Waals surface area (Å²) in [5.41, 5.74) is 1.32. The van der Waals surface area contributed by atoms with Crippen molar-refractivity contribution in [2.45, 2.75) is 65.0 Å². The molecule has 1 aromatic rings. The summed E-state index contributed by atoms with van der Waals surface area (Å²) in [7, 11) is 0. The van der Waals surface area contributed by atoms with Gasteiger partial charge in [-0.1, -0.05) is 44.2 Å². The van der Waals surface area contributed by atoms with Crippen LogP contribution in [0.3, 0.4) is 0 Å². The van der Waals surface area contributed by atoms with Gasteiger partial charge in [0, 0.05) is 18.0 Å². The maximum atomic E-state index is 12.8. The highest BCUT2D eigenvalue weighted by atomic mass is 16.2.